The van der Waals surface area contributed by atoms with Crippen molar-refractivity contribution in [3.05, 3.63) is 0 Å². The molecule has 0 radical (unpaired) electrons. The Morgan fingerprint density at radius 1 is 0.966 bits per heavy atom. The van der Waals surface area contributed by atoms with Crippen LogP contribution >= 0.6 is 11.8 Å². The molecule has 3 saturated heterocycles. The van der Waals surface area contributed by atoms with Crippen LogP contribution in [0.5, 0.6) is 0 Å². The molecule has 2 amide bonds. The highest BCUT2D eigenvalue weighted by Crippen LogP contribution is 2.26. The lowest BCUT2D eigenvalue weighted by Gasteiger charge is -2.41. The van der Waals surface area contributed by atoms with E-state index in [4.69, 9.17) is 0 Å². The number of nitrogens with zero attached hydrogens (tertiary/aromatic N) is 3. The van der Waals surface area contributed by atoms with Gasteiger partial charge in [-0.25, -0.2) is 0 Å². The molecular weight excluding hydrogens is 384 g/mol. The highest BCUT2D eigenvalue weighted by Gasteiger charge is 2.35. The summed E-state index contributed by atoms with van der Waals surface area (Å²) in [6.45, 7) is 6.68. The Labute approximate surface area is 180 Å². The van der Waals surface area contributed by atoms with Crippen molar-refractivity contribution in [2.45, 2.75) is 63.5 Å². The summed E-state index contributed by atoms with van der Waals surface area (Å²) in [7, 11) is 0. The molecule has 7 heteroatoms. The minimum Gasteiger partial charge on any atom is -0.353 e. The van der Waals surface area contributed by atoms with Gasteiger partial charge in [-0.05, 0) is 31.6 Å². The number of hydrogen-bond donors (Lipinski definition) is 1. The van der Waals surface area contributed by atoms with E-state index in [0.717, 1.165) is 45.6 Å². The maximum atomic E-state index is 13.0. The van der Waals surface area contributed by atoms with Crippen LogP contribution in [0.25, 0.3) is 0 Å². The van der Waals surface area contributed by atoms with E-state index >= 15 is 0 Å². The first-order valence-corrected chi connectivity index (χ1v) is 13.0. The van der Waals surface area contributed by atoms with Gasteiger partial charge in [0, 0.05) is 63.4 Å². The van der Waals surface area contributed by atoms with Crippen LogP contribution in [0.15, 0.2) is 0 Å². The lowest BCUT2D eigenvalue weighted by atomic mass is 9.88. The van der Waals surface area contributed by atoms with E-state index in [-0.39, 0.29) is 17.9 Å². The fourth-order valence-electron chi connectivity index (χ4n) is 5.62. The molecule has 0 aromatic heterocycles. The topological polar surface area (TPSA) is 55.9 Å². The third-order valence-corrected chi connectivity index (χ3v) is 8.35. The third-order valence-electron chi connectivity index (χ3n) is 7.41. The summed E-state index contributed by atoms with van der Waals surface area (Å²) < 4.78 is 0. The highest BCUT2D eigenvalue weighted by molar-refractivity contribution is 7.99. The molecule has 1 saturated carbocycles. The van der Waals surface area contributed by atoms with Gasteiger partial charge in [-0.2, -0.15) is 11.8 Å². The molecule has 164 valence electrons. The monoisotopic (exact) mass is 422 g/mol. The van der Waals surface area contributed by atoms with E-state index in [2.05, 4.69) is 26.9 Å². The highest BCUT2D eigenvalue weighted by atomic mass is 32.2. The Morgan fingerprint density at radius 3 is 2.41 bits per heavy atom. The van der Waals surface area contributed by atoms with Crippen molar-refractivity contribution >= 4 is 23.6 Å². The smallest absolute Gasteiger partial charge is 0.237 e. The average molecular weight is 423 g/mol. The number of carbonyl (C=O) groups excluding carboxylic acids is 2. The molecule has 0 aromatic rings. The summed E-state index contributed by atoms with van der Waals surface area (Å²) in [6, 6.07) is 0.371. The minimum absolute atomic E-state index is 0.0566. The normalized spacial score (nSPS) is 29.0. The molecule has 3 aliphatic heterocycles. The molecule has 0 bridgehead atoms. The van der Waals surface area contributed by atoms with Crippen molar-refractivity contribution in [3.63, 3.8) is 0 Å². The quantitative estimate of drug-likeness (QED) is 0.732. The summed E-state index contributed by atoms with van der Waals surface area (Å²) in [6.07, 6.45) is 9.06. The van der Waals surface area contributed by atoms with Gasteiger partial charge in [0.1, 0.15) is 0 Å². The van der Waals surface area contributed by atoms with Gasteiger partial charge in [0.15, 0.2) is 0 Å². The lowest BCUT2D eigenvalue weighted by molar-refractivity contribution is -0.140. The standard InChI is InChI=1S/C22H38N4O2S/c27-21(25-9-6-19(7-10-25)24-12-14-29-15-13-24)16-20-22(28)23-8-11-26(20)17-18-4-2-1-3-5-18/h18-20H,1-17H2,(H,23,28). The molecule has 1 atom stereocenters. The molecular formula is C22H38N4O2S. The van der Waals surface area contributed by atoms with E-state index in [9.17, 15) is 9.59 Å². The number of piperazine rings is 1. The first-order chi connectivity index (χ1) is 14.2. The van der Waals surface area contributed by atoms with Crippen LogP contribution in [-0.4, -0.2) is 95.9 Å². The van der Waals surface area contributed by atoms with Crippen molar-refractivity contribution in [1.82, 2.24) is 20.0 Å². The van der Waals surface area contributed by atoms with Crippen LogP contribution in [0.3, 0.4) is 0 Å². The fourth-order valence-corrected chi connectivity index (χ4v) is 6.55. The van der Waals surface area contributed by atoms with E-state index in [1.807, 2.05) is 4.90 Å². The van der Waals surface area contributed by atoms with E-state index in [0.29, 0.717) is 18.4 Å². The Morgan fingerprint density at radius 2 is 1.69 bits per heavy atom. The van der Waals surface area contributed by atoms with Crippen molar-refractivity contribution in [1.29, 1.82) is 0 Å². The maximum absolute atomic E-state index is 13.0. The van der Waals surface area contributed by atoms with Crippen LogP contribution in [0.2, 0.25) is 0 Å². The van der Waals surface area contributed by atoms with Gasteiger partial charge in [0.2, 0.25) is 11.8 Å². The van der Waals surface area contributed by atoms with Gasteiger partial charge in [0.25, 0.3) is 0 Å². The molecule has 29 heavy (non-hydrogen) atoms. The first kappa shape index (κ1) is 21.4. The third kappa shape index (κ3) is 5.67. The fraction of sp³-hybridized carbons (Fsp3) is 0.909. The minimum atomic E-state index is -0.269. The van der Waals surface area contributed by atoms with Crippen molar-refractivity contribution in [3.8, 4) is 0 Å². The number of nitrogens with one attached hydrogen (secondary N) is 1. The average Bonchev–Trinajstić information content (AvgIpc) is 2.77. The Bertz CT molecular complexity index is 555. The molecule has 0 aromatic carbocycles. The number of hydrogen-bond acceptors (Lipinski definition) is 5. The van der Waals surface area contributed by atoms with Gasteiger partial charge in [0.05, 0.1) is 12.5 Å². The summed E-state index contributed by atoms with van der Waals surface area (Å²) >= 11 is 2.05. The van der Waals surface area contributed by atoms with Crippen LogP contribution in [0.1, 0.15) is 51.4 Å². The number of amides is 2. The van der Waals surface area contributed by atoms with Gasteiger partial charge >= 0.3 is 0 Å². The van der Waals surface area contributed by atoms with Crippen LogP contribution in [0.4, 0.5) is 0 Å². The Hall–Kier alpha value is -0.790. The summed E-state index contributed by atoms with van der Waals surface area (Å²) in [5.41, 5.74) is 0. The predicted molar refractivity (Wildman–Crippen MR) is 118 cm³/mol. The second-order valence-corrected chi connectivity index (χ2v) is 10.5. The van der Waals surface area contributed by atoms with Gasteiger partial charge in [-0.3, -0.25) is 19.4 Å². The summed E-state index contributed by atoms with van der Waals surface area (Å²) in [4.78, 5) is 32.6. The van der Waals surface area contributed by atoms with Crippen LogP contribution in [0, 0.1) is 5.92 Å². The number of thioether (sulfide) groups is 1. The number of likely N-dealkylation sites (tertiary alicyclic amines) is 1. The van der Waals surface area contributed by atoms with Gasteiger partial charge in [-0.1, -0.05) is 19.3 Å². The molecule has 4 fully saturated rings. The van der Waals surface area contributed by atoms with Crippen LogP contribution < -0.4 is 5.32 Å². The molecule has 1 N–H and O–H groups in total. The van der Waals surface area contributed by atoms with E-state index < -0.39 is 0 Å². The molecule has 6 nitrogen and oxygen atoms in total. The summed E-state index contributed by atoms with van der Waals surface area (Å²) in [5, 5.41) is 3.00. The molecule has 4 rings (SSSR count). The largest absolute Gasteiger partial charge is 0.353 e. The molecule has 1 unspecified atom stereocenters. The molecule has 4 aliphatic rings. The second kappa shape index (κ2) is 10.5. The Balaban J connectivity index is 1.28. The van der Waals surface area contributed by atoms with Crippen molar-refractivity contribution < 1.29 is 9.59 Å². The zero-order valence-corrected chi connectivity index (χ0v) is 18.6. The van der Waals surface area contributed by atoms with Crippen LogP contribution in [-0.2, 0) is 9.59 Å². The number of rotatable bonds is 5. The zero-order chi connectivity index (χ0) is 20.1. The summed E-state index contributed by atoms with van der Waals surface area (Å²) in [5.74, 6) is 3.42. The first-order valence-electron chi connectivity index (χ1n) is 11.8. The van der Waals surface area contributed by atoms with E-state index in [1.165, 1.54) is 56.7 Å². The van der Waals surface area contributed by atoms with E-state index in [1.54, 1.807) is 0 Å². The Kier molecular flexibility index (Phi) is 7.76. The number of carbonyl (C=O) groups is 2. The molecule has 0 spiro atoms. The van der Waals surface area contributed by atoms with Gasteiger partial charge < -0.3 is 10.2 Å². The number of piperidine rings is 1. The lowest BCUT2D eigenvalue weighted by Crippen LogP contribution is -2.58. The van der Waals surface area contributed by atoms with Gasteiger partial charge in [-0.15, -0.1) is 0 Å². The van der Waals surface area contributed by atoms with Crippen molar-refractivity contribution in [2.75, 3.05) is 57.3 Å². The molecule has 1 aliphatic carbocycles. The predicted octanol–water partition coefficient (Wildman–Crippen LogP) is 1.80. The zero-order valence-electron chi connectivity index (χ0n) is 17.8. The van der Waals surface area contributed by atoms with Crippen molar-refractivity contribution in [2.24, 2.45) is 5.92 Å². The molecule has 3 heterocycles. The SMILES string of the molecule is O=C1NCCN(CC2CCCCC2)C1CC(=O)N1CCC(N2CCSCC2)CC1. The second-order valence-electron chi connectivity index (χ2n) is 9.27. The maximum Gasteiger partial charge on any atom is 0.237 e.